The topological polar surface area (TPSA) is 66.9 Å². The van der Waals surface area contributed by atoms with Crippen LogP contribution in [0.15, 0.2) is 60.7 Å². The zero-order chi connectivity index (χ0) is 19.5. The van der Waals surface area contributed by atoms with Crippen molar-refractivity contribution in [1.82, 2.24) is 9.80 Å². The molecule has 144 valence electrons. The van der Waals surface area contributed by atoms with Crippen LogP contribution in [0.4, 0.5) is 4.79 Å². The number of likely N-dealkylation sites (tertiary alicyclic amines) is 1. The molecular weight excluding hydrogens is 356 g/mol. The molecule has 0 atom stereocenters. The highest BCUT2D eigenvalue weighted by Gasteiger charge is 2.39. The van der Waals surface area contributed by atoms with E-state index in [0.717, 1.165) is 11.1 Å². The number of rotatable bonds is 4. The second-order valence-corrected chi connectivity index (χ2v) is 7.13. The van der Waals surface area contributed by atoms with Gasteiger partial charge >= 0.3 is 6.09 Å². The summed E-state index contributed by atoms with van der Waals surface area (Å²) in [6.45, 7) is 0.843. The van der Waals surface area contributed by atoms with E-state index < -0.39 is 6.09 Å². The summed E-state index contributed by atoms with van der Waals surface area (Å²) in [5.41, 5.74) is 1.92. The Hall–Kier alpha value is -3.15. The minimum absolute atomic E-state index is 0.0474. The first-order chi connectivity index (χ1) is 13.6. The molecule has 6 nitrogen and oxygen atoms in total. The number of cyclic esters (lactones) is 1. The molecule has 28 heavy (non-hydrogen) atoms. The van der Waals surface area contributed by atoms with E-state index in [9.17, 15) is 14.4 Å². The molecule has 2 heterocycles. The summed E-state index contributed by atoms with van der Waals surface area (Å²) < 4.78 is 4.82. The van der Waals surface area contributed by atoms with Crippen LogP contribution >= 0.6 is 0 Å². The van der Waals surface area contributed by atoms with Crippen molar-refractivity contribution in [2.45, 2.75) is 24.8 Å². The van der Waals surface area contributed by atoms with Gasteiger partial charge in [0.05, 0.1) is 5.92 Å². The molecule has 0 spiro atoms. The Morgan fingerprint density at radius 1 is 0.893 bits per heavy atom. The van der Waals surface area contributed by atoms with Crippen LogP contribution in [0.3, 0.4) is 0 Å². The van der Waals surface area contributed by atoms with Crippen LogP contribution in [-0.2, 0) is 14.3 Å². The quantitative estimate of drug-likeness (QED) is 0.821. The molecule has 0 bridgehead atoms. The highest BCUT2D eigenvalue weighted by Crippen LogP contribution is 2.29. The number of carbonyl (C=O) groups is 3. The van der Waals surface area contributed by atoms with Crippen LogP contribution in [0, 0.1) is 0 Å². The molecule has 0 N–H and O–H groups in total. The third-order valence-corrected chi connectivity index (χ3v) is 5.44. The molecule has 0 saturated carbocycles. The van der Waals surface area contributed by atoms with E-state index in [2.05, 4.69) is 0 Å². The van der Waals surface area contributed by atoms with Gasteiger partial charge in [0.25, 0.3) is 5.91 Å². The van der Waals surface area contributed by atoms with E-state index in [0.29, 0.717) is 25.9 Å². The molecule has 3 amide bonds. The van der Waals surface area contributed by atoms with Crippen LogP contribution < -0.4 is 0 Å². The van der Waals surface area contributed by atoms with Gasteiger partial charge in [0.1, 0.15) is 0 Å². The van der Waals surface area contributed by atoms with E-state index in [1.165, 1.54) is 4.90 Å². The van der Waals surface area contributed by atoms with Gasteiger partial charge in [-0.1, -0.05) is 60.7 Å². The zero-order valence-corrected chi connectivity index (χ0v) is 15.5. The zero-order valence-electron chi connectivity index (χ0n) is 15.5. The summed E-state index contributed by atoms with van der Waals surface area (Å²) in [4.78, 5) is 40.1. The Kier molecular flexibility index (Phi) is 5.10. The molecule has 2 aliphatic rings. The van der Waals surface area contributed by atoms with E-state index in [1.807, 2.05) is 65.6 Å². The Morgan fingerprint density at radius 2 is 1.43 bits per heavy atom. The van der Waals surface area contributed by atoms with Crippen molar-refractivity contribution in [3.8, 4) is 0 Å². The standard InChI is InChI=1S/C22H22N2O4/c25-19-15-28-22(27)24(19)18-11-13-23(14-12-18)21(26)20(16-7-3-1-4-8-16)17-9-5-2-6-10-17/h1-10,18,20H,11-15H2. The van der Waals surface area contributed by atoms with Crippen LogP contribution in [0.1, 0.15) is 29.9 Å². The van der Waals surface area contributed by atoms with Crippen molar-refractivity contribution in [3.05, 3.63) is 71.8 Å². The van der Waals surface area contributed by atoms with Crippen molar-refractivity contribution in [3.63, 3.8) is 0 Å². The second kappa shape index (κ2) is 7.84. The number of carbonyl (C=O) groups excluding carboxylic acids is 3. The molecule has 2 fully saturated rings. The third-order valence-electron chi connectivity index (χ3n) is 5.44. The maximum atomic E-state index is 13.4. The lowest BCUT2D eigenvalue weighted by molar-refractivity contribution is -0.134. The van der Waals surface area contributed by atoms with Gasteiger partial charge in [-0.3, -0.25) is 9.59 Å². The summed E-state index contributed by atoms with van der Waals surface area (Å²) in [6, 6.07) is 19.3. The summed E-state index contributed by atoms with van der Waals surface area (Å²) in [5, 5.41) is 0. The SMILES string of the molecule is O=C(C(c1ccccc1)c1ccccc1)N1CCC(N2C(=O)COC2=O)CC1. The van der Waals surface area contributed by atoms with Crippen LogP contribution in [0.25, 0.3) is 0 Å². The predicted octanol–water partition coefficient (Wildman–Crippen LogP) is 2.79. The molecular formula is C22H22N2O4. The largest absolute Gasteiger partial charge is 0.439 e. The minimum atomic E-state index is -0.568. The molecule has 0 radical (unpaired) electrons. The predicted molar refractivity (Wildman–Crippen MR) is 103 cm³/mol. The molecule has 2 aromatic carbocycles. The number of amides is 3. The van der Waals surface area contributed by atoms with E-state index in [4.69, 9.17) is 4.74 Å². The number of nitrogens with zero attached hydrogens (tertiary/aromatic N) is 2. The Morgan fingerprint density at radius 3 is 1.89 bits per heavy atom. The van der Waals surface area contributed by atoms with Gasteiger partial charge < -0.3 is 9.64 Å². The van der Waals surface area contributed by atoms with E-state index >= 15 is 0 Å². The first-order valence-electron chi connectivity index (χ1n) is 9.52. The lowest BCUT2D eigenvalue weighted by Gasteiger charge is -2.36. The van der Waals surface area contributed by atoms with Crippen molar-refractivity contribution >= 4 is 17.9 Å². The molecule has 0 aromatic heterocycles. The molecule has 6 heteroatoms. The summed E-state index contributed by atoms with van der Waals surface area (Å²) in [5.74, 6) is -0.607. The molecule has 0 unspecified atom stereocenters. The van der Waals surface area contributed by atoms with Gasteiger partial charge in [-0.25, -0.2) is 9.69 Å². The van der Waals surface area contributed by atoms with E-state index in [1.54, 1.807) is 0 Å². The average Bonchev–Trinajstić information content (AvgIpc) is 3.08. The fourth-order valence-electron chi connectivity index (χ4n) is 4.01. The Bertz CT molecular complexity index is 805. The summed E-state index contributed by atoms with van der Waals surface area (Å²) >= 11 is 0. The van der Waals surface area contributed by atoms with Crippen molar-refractivity contribution in [2.24, 2.45) is 0 Å². The highest BCUT2D eigenvalue weighted by molar-refractivity contribution is 5.98. The number of piperidine rings is 1. The number of ether oxygens (including phenoxy) is 1. The Labute approximate surface area is 163 Å². The van der Waals surface area contributed by atoms with Gasteiger partial charge in [-0.2, -0.15) is 0 Å². The van der Waals surface area contributed by atoms with Crippen LogP contribution in [0.2, 0.25) is 0 Å². The smallest absolute Gasteiger partial charge is 0.417 e. The van der Waals surface area contributed by atoms with Gasteiger partial charge in [0, 0.05) is 19.1 Å². The molecule has 2 saturated heterocycles. The lowest BCUT2D eigenvalue weighted by atomic mass is 9.89. The number of hydrogen-bond acceptors (Lipinski definition) is 4. The van der Waals surface area contributed by atoms with Crippen LogP contribution in [0.5, 0.6) is 0 Å². The first kappa shape index (κ1) is 18.2. The van der Waals surface area contributed by atoms with Crippen molar-refractivity contribution in [2.75, 3.05) is 19.7 Å². The Balaban J connectivity index is 1.51. The highest BCUT2D eigenvalue weighted by atomic mass is 16.6. The van der Waals surface area contributed by atoms with Gasteiger partial charge in [-0.15, -0.1) is 0 Å². The molecule has 0 aliphatic carbocycles. The van der Waals surface area contributed by atoms with Gasteiger partial charge in [0.15, 0.2) is 6.61 Å². The number of benzene rings is 2. The fourth-order valence-corrected chi connectivity index (χ4v) is 4.01. The number of hydrogen-bond donors (Lipinski definition) is 0. The van der Waals surface area contributed by atoms with Gasteiger partial charge in [-0.05, 0) is 24.0 Å². The normalized spacial score (nSPS) is 17.9. The van der Waals surface area contributed by atoms with Crippen molar-refractivity contribution in [1.29, 1.82) is 0 Å². The third kappa shape index (κ3) is 3.50. The summed E-state index contributed by atoms with van der Waals surface area (Å²) in [7, 11) is 0. The minimum Gasteiger partial charge on any atom is -0.439 e. The maximum absolute atomic E-state index is 13.4. The molecule has 2 aliphatic heterocycles. The fraction of sp³-hybridized carbons (Fsp3) is 0.318. The molecule has 2 aromatic rings. The molecule has 4 rings (SSSR count). The van der Waals surface area contributed by atoms with Gasteiger partial charge in [0.2, 0.25) is 5.91 Å². The summed E-state index contributed by atoms with van der Waals surface area (Å²) in [6.07, 6.45) is 0.576. The second-order valence-electron chi connectivity index (χ2n) is 7.13. The van der Waals surface area contributed by atoms with Crippen molar-refractivity contribution < 1.29 is 19.1 Å². The monoisotopic (exact) mass is 378 g/mol. The van der Waals surface area contributed by atoms with E-state index in [-0.39, 0.29) is 30.4 Å². The number of imide groups is 1. The first-order valence-corrected chi connectivity index (χ1v) is 9.52. The average molecular weight is 378 g/mol. The van der Waals surface area contributed by atoms with Crippen LogP contribution in [-0.4, -0.2) is 53.4 Å². The maximum Gasteiger partial charge on any atom is 0.417 e. The lowest BCUT2D eigenvalue weighted by Crippen LogP contribution is -2.49.